The maximum atomic E-state index is 12.3. The van der Waals surface area contributed by atoms with Gasteiger partial charge in [0.05, 0.1) is 6.61 Å². The van der Waals surface area contributed by atoms with E-state index in [2.05, 4.69) is 42.6 Å². The van der Waals surface area contributed by atoms with Gasteiger partial charge in [0.2, 0.25) is 0 Å². The molecular formula is C28H37NO3. The summed E-state index contributed by atoms with van der Waals surface area (Å²) in [5, 5.41) is 2.90. The fourth-order valence-electron chi connectivity index (χ4n) is 4.85. The predicted molar refractivity (Wildman–Crippen MR) is 129 cm³/mol. The van der Waals surface area contributed by atoms with Crippen molar-refractivity contribution in [3.05, 3.63) is 65.2 Å². The summed E-state index contributed by atoms with van der Waals surface area (Å²) in [6.45, 7) is 7.15. The number of nitrogens with one attached hydrogen (secondary N) is 1. The molecule has 1 amide bonds. The molecule has 0 radical (unpaired) electrons. The first-order valence-corrected chi connectivity index (χ1v) is 12.1. The second kappa shape index (κ2) is 11.8. The molecule has 4 nitrogen and oxygen atoms in total. The summed E-state index contributed by atoms with van der Waals surface area (Å²) < 4.78 is 5.66. The van der Waals surface area contributed by atoms with Crippen molar-refractivity contribution < 1.29 is 14.3 Å². The summed E-state index contributed by atoms with van der Waals surface area (Å²) in [7, 11) is 0. The van der Waals surface area contributed by atoms with Crippen LogP contribution in [0.15, 0.2) is 48.5 Å². The van der Waals surface area contributed by atoms with Gasteiger partial charge in [0.25, 0.3) is 5.91 Å². The van der Waals surface area contributed by atoms with Gasteiger partial charge in [-0.15, -0.1) is 0 Å². The van der Waals surface area contributed by atoms with Crippen molar-refractivity contribution in [1.29, 1.82) is 0 Å². The van der Waals surface area contributed by atoms with Gasteiger partial charge in [-0.2, -0.15) is 0 Å². The summed E-state index contributed by atoms with van der Waals surface area (Å²) in [4.78, 5) is 23.3. The highest BCUT2D eigenvalue weighted by Crippen LogP contribution is 2.42. The second-order valence-corrected chi connectivity index (χ2v) is 9.20. The number of Topliss-reactive ketones (excluding diaryl/α,β-unsaturated/α-hetero) is 1. The largest absolute Gasteiger partial charge is 0.494 e. The number of carbonyl (C=O) groups excluding carboxylic acids is 2. The van der Waals surface area contributed by atoms with Crippen LogP contribution in [0.25, 0.3) is 0 Å². The molecular weight excluding hydrogens is 398 g/mol. The smallest absolute Gasteiger partial charge is 0.251 e. The SMILES string of the molecule is CCOc1cccc([C@@H](C)C[C@H]2CC[C@@H](c3ccc(C(=O)NCCCC(C)=O)cc3)C2)c1. The molecule has 0 heterocycles. The van der Waals surface area contributed by atoms with Crippen molar-refractivity contribution in [1.82, 2.24) is 5.32 Å². The lowest BCUT2D eigenvalue weighted by Crippen LogP contribution is -2.24. The van der Waals surface area contributed by atoms with Gasteiger partial charge in [-0.05, 0) is 99.1 Å². The Morgan fingerprint density at radius 2 is 1.91 bits per heavy atom. The fourth-order valence-corrected chi connectivity index (χ4v) is 4.85. The molecule has 2 aromatic rings. The molecule has 3 rings (SSSR count). The van der Waals surface area contributed by atoms with Crippen LogP contribution in [0.1, 0.15) is 92.6 Å². The van der Waals surface area contributed by atoms with Gasteiger partial charge < -0.3 is 14.8 Å². The van der Waals surface area contributed by atoms with E-state index in [1.54, 1.807) is 6.92 Å². The third-order valence-electron chi connectivity index (χ3n) is 6.60. The molecule has 1 fully saturated rings. The van der Waals surface area contributed by atoms with E-state index in [9.17, 15) is 9.59 Å². The van der Waals surface area contributed by atoms with Crippen molar-refractivity contribution in [2.24, 2.45) is 5.92 Å². The topological polar surface area (TPSA) is 55.4 Å². The number of carbonyl (C=O) groups is 2. The molecule has 0 bridgehead atoms. The van der Waals surface area contributed by atoms with E-state index >= 15 is 0 Å². The average Bonchev–Trinajstić information content (AvgIpc) is 3.25. The molecule has 4 heteroatoms. The van der Waals surface area contributed by atoms with Crippen LogP contribution in [-0.4, -0.2) is 24.8 Å². The van der Waals surface area contributed by atoms with Gasteiger partial charge >= 0.3 is 0 Å². The summed E-state index contributed by atoms with van der Waals surface area (Å²) in [6, 6.07) is 16.6. The highest BCUT2D eigenvalue weighted by molar-refractivity contribution is 5.94. The van der Waals surface area contributed by atoms with E-state index in [1.807, 2.05) is 25.1 Å². The molecule has 172 valence electrons. The normalized spacial score (nSPS) is 18.8. The van der Waals surface area contributed by atoms with Gasteiger partial charge in [-0.3, -0.25) is 4.79 Å². The lowest BCUT2D eigenvalue weighted by molar-refractivity contribution is -0.117. The second-order valence-electron chi connectivity index (χ2n) is 9.20. The van der Waals surface area contributed by atoms with E-state index in [-0.39, 0.29) is 11.7 Å². The lowest BCUT2D eigenvalue weighted by Gasteiger charge is -2.18. The molecule has 3 atom stereocenters. The fraction of sp³-hybridized carbons (Fsp3) is 0.500. The Kier molecular flexibility index (Phi) is 8.90. The Labute approximate surface area is 192 Å². The van der Waals surface area contributed by atoms with Crippen LogP contribution in [0.2, 0.25) is 0 Å². The Morgan fingerprint density at radius 3 is 2.62 bits per heavy atom. The molecule has 0 spiro atoms. The van der Waals surface area contributed by atoms with E-state index in [4.69, 9.17) is 4.74 Å². The molecule has 32 heavy (non-hydrogen) atoms. The van der Waals surface area contributed by atoms with Crippen LogP contribution in [0.4, 0.5) is 0 Å². The number of hydrogen-bond acceptors (Lipinski definition) is 3. The minimum atomic E-state index is -0.0625. The molecule has 1 N–H and O–H groups in total. The van der Waals surface area contributed by atoms with E-state index in [0.717, 1.165) is 11.7 Å². The van der Waals surface area contributed by atoms with Crippen LogP contribution >= 0.6 is 0 Å². The maximum absolute atomic E-state index is 12.3. The summed E-state index contributed by atoms with van der Waals surface area (Å²) in [5.41, 5.74) is 3.39. The Bertz CT molecular complexity index is 890. The first-order chi connectivity index (χ1) is 15.5. The van der Waals surface area contributed by atoms with Crippen LogP contribution in [0.3, 0.4) is 0 Å². The third kappa shape index (κ3) is 6.94. The number of amides is 1. The minimum absolute atomic E-state index is 0.0625. The van der Waals surface area contributed by atoms with Crippen molar-refractivity contribution in [3.63, 3.8) is 0 Å². The molecule has 1 saturated carbocycles. The third-order valence-corrected chi connectivity index (χ3v) is 6.60. The molecule has 0 aliphatic heterocycles. The highest BCUT2D eigenvalue weighted by Gasteiger charge is 2.27. The van der Waals surface area contributed by atoms with Crippen molar-refractivity contribution in [3.8, 4) is 5.75 Å². The van der Waals surface area contributed by atoms with Gasteiger partial charge in [-0.25, -0.2) is 0 Å². The monoisotopic (exact) mass is 435 g/mol. The number of ketones is 1. The van der Waals surface area contributed by atoms with Gasteiger partial charge in [0, 0.05) is 18.5 Å². The number of rotatable bonds is 11. The van der Waals surface area contributed by atoms with Crippen LogP contribution in [-0.2, 0) is 4.79 Å². The average molecular weight is 436 g/mol. The van der Waals surface area contributed by atoms with Gasteiger partial charge in [0.1, 0.15) is 11.5 Å². The zero-order valence-electron chi connectivity index (χ0n) is 19.7. The van der Waals surface area contributed by atoms with Crippen LogP contribution in [0.5, 0.6) is 5.75 Å². The summed E-state index contributed by atoms with van der Waals surface area (Å²) in [6.07, 6.45) is 6.10. The van der Waals surface area contributed by atoms with E-state index in [1.165, 1.54) is 36.8 Å². The van der Waals surface area contributed by atoms with E-state index < -0.39 is 0 Å². The Hall–Kier alpha value is -2.62. The highest BCUT2D eigenvalue weighted by atomic mass is 16.5. The Balaban J connectivity index is 1.49. The van der Waals surface area contributed by atoms with Crippen molar-refractivity contribution in [2.45, 2.75) is 71.1 Å². The standard InChI is InChI=1S/C28H37NO3/c1-4-32-27-9-5-8-25(19-27)20(2)17-22-10-11-26(18-22)23-12-14-24(15-13-23)28(31)29-16-6-7-21(3)30/h5,8-9,12-15,19-20,22,26H,4,6-7,10-11,16-18H2,1-3H3,(H,29,31)/t20-,22+,26+/m0/s1. The summed E-state index contributed by atoms with van der Waals surface area (Å²) >= 11 is 0. The van der Waals surface area contributed by atoms with Crippen molar-refractivity contribution >= 4 is 11.7 Å². The van der Waals surface area contributed by atoms with Crippen LogP contribution in [0, 0.1) is 5.92 Å². The molecule has 2 aromatic carbocycles. The summed E-state index contributed by atoms with van der Waals surface area (Å²) in [5.74, 6) is 2.89. The van der Waals surface area contributed by atoms with Gasteiger partial charge in [0.15, 0.2) is 0 Å². The quantitative estimate of drug-likeness (QED) is 0.424. The van der Waals surface area contributed by atoms with Gasteiger partial charge in [-0.1, -0.05) is 31.2 Å². The maximum Gasteiger partial charge on any atom is 0.251 e. The lowest BCUT2D eigenvalue weighted by atomic mass is 9.88. The number of hydrogen-bond donors (Lipinski definition) is 1. The number of ether oxygens (including phenoxy) is 1. The minimum Gasteiger partial charge on any atom is -0.494 e. The van der Waals surface area contributed by atoms with Crippen molar-refractivity contribution in [2.75, 3.05) is 13.2 Å². The molecule has 1 aliphatic rings. The zero-order valence-corrected chi connectivity index (χ0v) is 19.7. The first-order valence-electron chi connectivity index (χ1n) is 12.1. The molecule has 0 aromatic heterocycles. The zero-order chi connectivity index (χ0) is 22.9. The van der Waals surface area contributed by atoms with Crippen LogP contribution < -0.4 is 10.1 Å². The number of benzene rings is 2. The first kappa shape index (κ1) is 24.0. The molecule has 0 unspecified atom stereocenters. The predicted octanol–water partition coefficient (Wildman–Crippen LogP) is 6.26. The van der Waals surface area contributed by atoms with E-state index in [0.29, 0.717) is 43.4 Å². The molecule has 0 saturated heterocycles. The Morgan fingerprint density at radius 1 is 1.12 bits per heavy atom. The molecule has 1 aliphatic carbocycles.